The second-order valence-electron chi connectivity index (χ2n) is 9.00. The number of H-pyrrole nitrogens is 2. The summed E-state index contributed by atoms with van der Waals surface area (Å²) in [7, 11) is 0. The van der Waals surface area contributed by atoms with Crippen LogP contribution in [0.2, 0.25) is 10.2 Å². The first-order chi connectivity index (χ1) is 18.8. The van der Waals surface area contributed by atoms with Crippen LogP contribution in [0, 0.1) is 0 Å². The first kappa shape index (κ1) is 26.3. The summed E-state index contributed by atoms with van der Waals surface area (Å²) in [6.45, 7) is 0.163. The van der Waals surface area contributed by atoms with E-state index in [0.29, 0.717) is 39.4 Å². The fourth-order valence-corrected chi connectivity index (χ4v) is 4.77. The lowest BCUT2D eigenvalue weighted by molar-refractivity contribution is -0.122. The number of rotatable bonds is 8. The van der Waals surface area contributed by atoms with Crippen molar-refractivity contribution in [2.45, 2.75) is 25.4 Å². The molecule has 5 rings (SSSR count). The molecule has 0 bridgehead atoms. The molecule has 9 nitrogen and oxygen atoms in total. The Morgan fingerprint density at radius 1 is 1.03 bits per heavy atom. The zero-order valence-corrected chi connectivity index (χ0v) is 22.0. The Hall–Kier alpha value is -4.34. The number of halogens is 2. The number of nitrogens with zero attached hydrogens (tertiary/aromatic N) is 2. The van der Waals surface area contributed by atoms with Crippen molar-refractivity contribution in [2.24, 2.45) is 0 Å². The van der Waals surface area contributed by atoms with Crippen molar-refractivity contribution in [3.05, 3.63) is 115 Å². The molecule has 5 aromatic rings. The number of aromatic hydroxyl groups is 1. The summed E-state index contributed by atoms with van der Waals surface area (Å²) in [4.78, 5) is 47.2. The number of carbonyl (C=O) groups is 1. The molecule has 3 aromatic heterocycles. The number of pyridine rings is 2. The summed E-state index contributed by atoms with van der Waals surface area (Å²) < 4.78 is 1.39. The SMILES string of the molecule is O=C(CCn1cc(Cl)ccc1=O)N[C@@H](Cc1ccccc1)c1nc(-c2ccc3[nH]c(=O)cc(O)c3c2)c(Cl)[nH]1. The zero-order valence-electron chi connectivity index (χ0n) is 20.4. The number of imidazole rings is 1. The molecule has 0 unspecified atom stereocenters. The van der Waals surface area contributed by atoms with Crippen LogP contribution in [0.25, 0.3) is 22.2 Å². The largest absolute Gasteiger partial charge is 0.507 e. The Bertz CT molecular complexity index is 1780. The lowest BCUT2D eigenvalue weighted by atomic mass is 10.1. The molecule has 11 heteroatoms. The van der Waals surface area contributed by atoms with Crippen molar-refractivity contribution in [3.63, 3.8) is 0 Å². The number of aromatic nitrogens is 4. The Labute approximate surface area is 232 Å². The van der Waals surface area contributed by atoms with Crippen molar-refractivity contribution < 1.29 is 9.90 Å². The molecule has 0 saturated heterocycles. The van der Waals surface area contributed by atoms with Crippen molar-refractivity contribution in [3.8, 4) is 17.0 Å². The summed E-state index contributed by atoms with van der Waals surface area (Å²) in [6.07, 6.45) is 1.98. The first-order valence-electron chi connectivity index (χ1n) is 12.1. The zero-order chi connectivity index (χ0) is 27.5. The molecule has 4 N–H and O–H groups in total. The second kappa shape index (κ2) is 11.2. The highest BCUT2D eigenvalue weighted by molar-refractivity contribution is 6.32. The third-order valence-corrected chi connectivity index (χ3v) is 6.74. The van der Waals surface area contributed by atoms with Crippen LogP contribution in [0.1, 0.15) is 23.9 Å². The normalized spacial score (nSPS) is 11.9. The standard InChI is InChI=1S/C28H23Cl2N5O4/c29-18-7-9-25(39)35(15-18)11-10-23(37)32-21(12-16-4-2-1-3-5-16)28-33-26(27(30)34-28)17-6-8-20-19(13-17)22(36)14-24(38)31-20/h1-9,13-15,21H,10-12H2,(H,32,37)(H,33,34)(H2,31,36,38)/t21-/m0/s1. The number of aromatic amines is 2. The van der Waals surface area contributed by atoms with Gasteiger partial charge >= 0.3 is 0 Å². The van der Waals surface area contributed by atoms with Crippen molar-refractivity contribution in [1.82, 2.24) is 24.8 Å². The minimum atomic E-state index is -0.549. The molecule has 198 valence electrons. The summed E-state index contributed by atoms with van der Waals surface area (Å²) >= 11 is 12.5. The van der Waals surface area contributed by atoms with Gasteiger partial charge in [-0.15, -0.1) is 0 Å². The van der Waals surface area contributed by atoms with Crippen LogP contribution in [-0.2, 0) is 17.8 Å². The molecule has 1 amide bonds. The maximum absolute atomic E-state index is 13.0. The highest BCUT2D eigenvalue weighted by Crippen LogP contribution is 2.32. The number of hydrogen-bond donors (Lipinski definition) is 4. The Balaban J connectivity index is 1.42. The summed E-state index contributed by atoms with van der Waals surface area (Å²) in [5, 5.41) is 14.4. The van der Waals surface area contributed by atoms with E-state index in [9.17, 15) is 19.5 Å². The van der Waals surface area contributed by atoms with Gasteiger partial charge in [0.2, 0.25) is 5.91 Å². The van der Waals surface area contributed by atoms with Gasteiger partial charge in [-0.3, -0.25) is 14.4 Å². The van der Waals surface area contributed by atoms with Crippen LogP contribution in [0.15, 0.2) is 82.5 Å². The maximum Gasteiger partial charge on any atom is 0.252 e. The molecule has 2 aromatic carbocycles. The molecule has 0 aliphatic rings. The molecule has 0 aliphatic carbocycles. The maximum atomic E-state index is 13.0. The highest BCUT2D eigenvalue weighted by Gasteiger charge is 2.22. The highest BCUT2D eigenvalue weighted by atomic mass is 35.5. The predicted octanol–water partition coefficient (Wildman–Crippen LogP) is 4.58. The van der Waals surface area contributed by atoms with E-state index in [1.807, 2.05) is 30.3 Å². The number of amides is 1. The van der Waals surface area contributed by atoms with Gasteiger partial charge in [-0.05, 0) is 30.2 Å². The first-order valence-corrected chi connectivity index (χ1v) is 12.8. The van der Waals surface area contributed by atoms with E-state index in [4.69, 9.17) is 28.2 Å². The predicted molar refractivity (Wildman–Crippen MR) is 150 cm³/mol. The molecule has 0 fully saturated rings. The fraction of sp³-hybridized carbons (Fsp3) is 0.143. The molecule has 0 spiro atoms. The summed E-state index contributed by atoms with van der Waals surface area (Å²) in [5.74, 6) is 0.00452. The average molecular weight is 564 g/mol. The van der Waals surface area contributed by atoms with Crippen LogP contribution in [0.3, 0.4) is 0 Å². The number of hydrogen-bond acceptors (Lipinski definition) is 5. The van der Waals surface area contributed by atoms with Gasteiger partial charge in [-0.2, -0.15) is 0 Å². The number of fused-ring (bicyclic) bond motifs is 1. The van der Waals surface area contributed by atoms with Crippen molar-refractivity contribution in [1.29, 1.82) is 0 Å². The van der Waals surface area contributed by atoms with Gasteiger partial charge in [0.05, 0.1) is 16.6 Å². The van der Waals surface area contributed by atoms with Gasteiger partial charge in [-0.25, -0.2) is 4.98 Å². The Morgan fingerprint density at radius 2 is 1.82 bits per heavy atom. The lowest BCUT2D eigenvalue weighted by Crippen LogP contribution is -2.32. The third kappa shape index (κ3) is 6.05. The van der Waals surface area contributed by atoms with Gasteiger partial charge in [-0.1, -0.05) is 59.6 Å². The summed E-state index contributed by atoms with van der Waals surface area (Å²) in [5.41, 5.74) is 1.83. The quantitative estimate of drug-likeness (QED) is 0.219. The number of carbonyl (C=O) groups excluding carboxylic acids is 1. The van der Waals surface area contributed by atoms with Crippen molar-refractivity contribution >= 4 is 40.0 Å². The minimum absolute atomic E-state index is 0.0506. The van der Waals surface area contributed by atoms with Gasteiger partial charge in [0, 0.05) is 42.2 Å². The van der Waals surface area contributed by atoms with Crippen LogP contribution >= 0.6 is 23.2 Å². The topological polar surface area (TPSA) is 133 Å². The molecule has 0 saturated carbocycles. The van der Waals surface area contributed by atoms with Crippen LogP contribution in [0.4, 0.5) is 0 Å². The van der Waals surface area contributed by atoms with E-state index in [2.05, 4.69) is 15.3 Å². The van der Waals surface area contributed by atoms with Crippen LogP contribution < -0.4 is 16.4 Å². The van der Waals surface area contributed by atoms with Gasteiger partial charge in [0.25, 0.3) is 11.1 Å². The fourth-order valence-electron chi connectivity index (χ4n) is 4.34. The minimum Gasteiger partial charge on any atom is -0.507 e. The van der Waals surface area contributed by atoms with Crippen LogP contribution in [-0.4, -0.2) is 30.5 Å². The molecule has 0 radical (unpaired) electrons. The smallest absolute Gasteiger partial charge is 0.252 e. The van der Waals surface area contributed by atoms with E-state index < -0.39 is 11.6 Å². The molecular formula is C28H23Cl2N5O4. The van der Waals surface area contributed by atoms with Gasteiger partial charge in [0.15, 0.2) is 0 Å². The van der Waals surface area contributed by atoms with E-state index in [0.717, 1.165) is 11.6 Å². The second-order valence-corrected chi connectivity index (χ2v) is 9.82. The Kier molecular flexibility index (Phi) is 7.53. The van der Waals surface area contributed by atoms with Gasteiger partial charge < -0.3 is 25.0 Å². The monoisotopic (exact) mass is 563 g/mol. The van der Waals surface area contributed by atoms with E-state index in [1.54, 1.807) is 18.2 Å². The summed E-state index contributed by atoms with van der Waals surface area (Å²) in [6, 6.07) is 18.1. The number of benzene rings is 2. The van der Waals surface area contributed by atoms with Crippen molar-refractivity contribution in [2.75, 3.05) is 0 Å². The molecular weight excluding hydrogens is 541 g/mol. The number of aryl methyl sites for hydroxylation is 1. The Morgan fingerprint density at radius 3 is 2.62 bits per heavy atom. The molecule has 39 heavy (non-hydrogen) atoms. The van der Waals surface area contributed by atoms with E-state index in [1.165, 1.54) is 22.9 Å². The average Bonchev–Trinajstić information content (AvgIpc) is 3.30. The molecule has 1 atom stereocenters. The lowest BCUT2D eigenvalue weighted by Gasteiger charge is -2.17. The van der Waals surface area contributed by atoms with Crippen LogP contribution in [0.5, 0.6) is 5.75 Å². The van der Waals surface area contributed by atoms with Gasteiger partial charge in [0.1, 0.15) is 22.4 Å². The van der Waals surface area contributed by atoms with E-state index in [-0.39, 0.29) is 35.3 Å². The number of nitrogens with one attached hydrogen (secondary N) is 3. The molecule has 3 heterocycles. The third-order valence-electron chi connectivity index (χ3n) is 6.25. The molecule has 0 aliphatic heterocycles. The van der Waals surface area contributed by atoms with E-state index >= 15 is 0 Å².